The molecule has 0 spiro atoms. The molecule has 5 heterocycles. The van der Waals surface area contributed by atoms with Gasteiger partial charge in [0.2, 0.25) is 0 Å². The number of rotatable bonds is 7. The summed E-state index contributed by atoms with van der Waals surface area (Å²) in [6.45, 7) is 2.38. The maximum atomic E-state index is 7.37. The number of hydrogen-bond donors (Lipinski definition) is 1. The molecule has 7 heteroatoms. The monoisotopic (exact) mass is 1000 g/mol. The number of anilines is 1. The highest BCUT2D eigenvalue weighted by Gasteiger charge is 2.49. The maximum absolute atomic E-state index is 7.37. The highest BCUT2D eigenvalue weighted by atomic mass is 16.5. The van der Waals surface area contributed by atoms with Crippen LogP contribution in [0.5, 0.6) is 0 Å². The van der Waals surface area contributed by atoms with Crippen molar-refractivity contribution in [1.82, 2.24) is 9.88 Å². The van der Waals surface area contributed by atoms with Crippen LogP contribution in [0.2, 0.25) is 0 Å². The van der Waals surface area contributed by atoms with Gasteiger partial charge in [0.25, 0.3) is 0 Å². The van der Waals surface area contributed by atoms with Gasteiger partial charge in [-0.15, -0.1) is 0 Å². The molecule has 2 aromatic heterocycles. The SMILES string of the molecule is CC1CCC=CC1C1=NC(C2=CCCC=C2)N=C(C2=C(c3cccc4c3oc3ccc5c(c34)C3=CC=CCC3N5C3=CC=CCC3)CCC(C3=CC=CC4C5c6c(n(-c7ccccc7)c7ccccc67)C=CC5O[C@@H]34)=C2)N1. The summed E-state index contributed by atoms with van der Waals surface area (Å²) in [7, 11) is 0. The van der Waals surface area contributed by atoms with E-state index in [4.69, 9.17) is 19.1 Å². The second kappa shape index (κ2) is 18.1. The van der Waals surface area contributed by atoms with Crippen molar-refractivity contribution in [3.05, 3.63) is 233 Å². The van der Waals surface area contributed by atoms with Crippen LogP contribution in [0.3, 0.4) is 0 Å². The van der Waals surface area contributed by atoms with E-state index >= 15 is 0 Å². The fourth-order valence-corrected chi connectivity index (χ4v) is 14.8. The van der Waals surface area contributed by atoms with E-state index in [1.165, 1.54) is 78.0 Å². The molecule has 3 aliphatic heterocycles. The summed E-state index contributed by atoms with van der Waals surface area (Å²) in [5.74, 6) is 2.83. The first-order chi connectivity index (χ1) is 38.1. The predicted molar refractivity (Wildman–Crippen MR) is 316 cm³/mol. The van der Waals surface area contributed by atoms with Gasteiger partial charge < -0.3 is 23.9 Å². The zero-order valence-electron chi connectivity index (χ0n) is 43.5. The molecule has 0 saturated carbocycles. The summed E-state index contributed by atoms with van der Waals surface area (Å²) in [6, 6.07) is 31.4. The molecule has 0 bridgehead atoms. The van der Waals surface area contributed by atoms with Crippen molar-refractivity contribution < 1.29 is 9.15 Å². The molecule has 4 aromatic carbocycles. The number of allylic oxidation sites excluding steroid dienone is 12. The number of aromatic nitrogens is 1. The summed E-state index contributed by atoms with van der Waals surface area (Å²) in [5.41, 5.74) is 19.5. The third kappa shape index (κ3) is 7.12. The average molecular weight is 1000 g/mol. The van der Waals surface area contributed by atoms with Crippen molar-refractivity contribution in [2.75, 3.05) is 4.90 Å². The van der Waals surface area contributed by atoms with Crippen LogP contribution in [0.15, 0.2) is 225 Å². The van der Waals surface area contributed by atoms with Gasteiger partial charge in [-0.1, -0.05) is 147 Å². The molecule has 7 unspecified atom stereocenters. The Morgan fingerprint density at radius 2 is 1.62 bits per heavy atom. The summed E-state index contributed by atoms with van der Waals surface area (Å²) < 4.78 is 17.1. The van der Waals surface area contributed by atoms with E-state index in [0.717, 1.165) is 97.1 Å². The lowest BCUT2D eigenvalue weighted by Crippen LogP contribution is -2.43. The van der Waals surface area contributed by atoms with Crippen LogP contribution in [-0.2, 0) is 4.74 Å². The number of fused-ring (bicyclic) bond motifs is 14. The zero-order chi connectivity index (χ0) is 50.7. The van der Waals surface area contributed by atoms with E-state index in [1.54, 1.807) is 0 Å². The Kier molecular flexibility index (Phi) is 10.6. The van der Waals surface area contributed by atoms with Crippen LogP contribution in [0.4, 0.5) is 5.69 Å². The number of nitrogens with zero attached hydrogens (tertiary/aromatic N) is 4. The minimum atomic E-state index is -0.345. The number of aliphatic imine (C=N–C) groups is 2. The number of benzene rings is 4. The quantitative estimate of drug-likeness (QED) is 0.162. The fourth-order valence-electron chi connectivity index (χ4n) is 14.8. The molecule has 1 N–H and O–H groups in total. The van der Waals surface area contributed by atoms with E-state index in [0.29, 0.717) is 5.92 Å². The number of ether oxygens (including phenoxy) is 1. The van der Waals surface area contributed by atoms with Gasteiger partial charge in [0, 0.05) is 67.7 Å². The van der Waals surface area contributed by atoms with Gasteiger partial charge in [-0.05, 0) is 146 Å². The minimum absolute atomic E-state index is 0.0502. The van der Waals surface area contributed by atoms with Crippen LogP contribution in [0.25, 0.3) is 55.8 Å². The van der Waals surface area contributed by atoms with Gasteiger partial charge in [0.15, 0.2) is 6.17 Å². The van der Waals surface area contributed by atoms with Crippen LogP contribution < -0.4 is 10.2 Å². The number of furan rings is 1. The van der Waals surface area contributed by atoms with Gasteiger partial charge in [0.1, 0.15) is 22.8 Å². The van der Waals surface area contributed by atoms with Crippen molar-refractivity contribution in [2.45, 2.75) is 95.0 Å². The number of hydrogen-bond acceptors (Lipinski definition) is 6. The van der Waals surface area contributed by atoms with Crippen LogP contribution >= 0.6 is 0 Å². The summed E-state index contributed by atoms with van der Waals surface area (Å²) in [4.78, 5) is 13.8. The Hall–Kier alpha value is -8.00. The van der Waals surface area contributed by atoms with Crippen LogP contribution in [0, 0.1) is 17.8 Å². The lowest BCUT2D eigenvalue weighted by atomic mass is 9.73. The molecule has 16 rings (SSSR count). The van der Waals surface area contributed by atoms with Crippen molar-refractivity contribution in [3.63, 3.8) is 0 Å². The van der Waals surface area contributed by atoms with Crippen molar-refractivity contribution in [3.8, 4) is 5.69 Å². The first-order valence-electron chi connectivity index (χ1n) is 28.4. The van der Waals surface area contributed by atoms with Gasteiger partial charge in [0.05, 0.1) is 29.5 Å². The van der Waals surface area contributed by atoms with E-state index in [9.17, 15) is 0 Å². The molecule has 10 aliphatic rings. The second-order valence-electron chi connectivity index (χ2n) is 22.6. The fraction of sp³-hybridized carbons (Fsp3) is 0.257. The lowest BCUT2D eigenvalue weighted by Gasteiger charge is -2.33. The van der Waals surface area contributed by atoms with Crippen molar-refractivity contribution in [1.29, 1.82) is 0 Å². The van der Waals surface area contributed by atoms with Crippen LogP contribution in [-0.4, -0.2) is 40.7 Å². The molecule has 8 atom stereocenters. The Labute approximate surface area is 450 Å². The molecule has 378 valence electrons. The summed E-state index contributed by atoms with van der Waals surface area (Å²) in [5, 5.41) is 7.65. The average Bonchev–Trinajstić information content (AvgIpc) is 4.42. The molecule has 7 aliphatic carbocycles. The molecule has 0 radical (unpaired) electrons. The van der Waals surface area contributed by atoms with Gasteiger partial charge in [-0.2, -0.15) is 0 Å². The highest BCUT2D eigenvalue weighted by molar-refractivity contribution is 6.20. The number of nitrogens with one attached hydrogen (secondary N) is 1. The second-order valence-corrected chi connectivity index (χ2v) is 22.6. The molecule has 0 amide bonds. The highest BCUT2D eigenvalue weighted by Crippen LogP contribution is 2.55. The molecule has 1 fully saturated rings. The largest absolute Gasteiger partial charge is 0.455 e. The lowest BCUT2D eigenvalue weighted by molar-refractivity contribution is 0.0844. The number of para-hydroxylation sites is 3. The molecule has 7 nitrogen and oxygen atoms in total. The minimum Gasteiger partial charge on any atom is -0.455 e. The van der Waals surface area contributed by atoms with Crippen molar-refractivity contribution in [2.24, 2.45) is 27.7 Å². The molecular weight excluding hydrogens is 943 g/mol. The first-order valence-corrected chi connectivity index (χ1v) is 28.4. The first kappa shape index (κ1) is 45.2. The standard InChI is InChI=1S/C70H61N5O2/c1-42-19-11-12-26-47(42)69-71-68(43-20-5-2-6-21-43)72-70(73-69)55-41-44(48-29-17-31-53-64-60(76-66(48)53)39-37-58-62(64)51-27-13-15-33-56(51)74(58)45-22-7-3-8-23-45)35-36-49(55)50-30-18-32-54-65-61(77-67(50)54)40-38-59-63(65)52-28-14-16-34-57(52)75(59)46-24-9-4-10-25-46/h3-5,7-9,12-18,20-24,26-33,37-42,47,53,57,60,64,66,68H,2,6,10-11,19,25,34-36H2,1H3,(H,71,72,73)/t42?,47?,53?,57?,60?,64?,66-,68?/m0/s1. The smallest absolute Gasteiger partial charge is 0.169 e. The van der Waals surface area contributed by atoms with Gasteiger partial charge >= 0.3 is 0 Å². The summed E-state index contributed by atoms with van der Waals surface area (Å²) >= 11 is 0. The zero-order valence-corrected chi connectivity index (χ0v) is 43.5. The normalized spacial score (nSPS) is 27.8. The Morgan fingerprint density at radius 1 is 0.727 bits per heavy atom. The predicted octanol–water partition coefficient (Wildman–Crippen LogP) is 16.1. The third-order valence-electron chi connectivity index (χ3n) is 18.4. The van der Waals surface area contributed by atoms with Gasteiger partial charge in [-0.3, -0.25) is 0 Å². The number of amidine groups is 2. The maximum Gasteiger partial charge on any atom is 0.169 e. The van der Waals surface area contributed by atoms with E-state index < -0.39 is 0 Å². The summed E-state index contributed by atoms with van der Waals surface area (Å²) in [6.07, 6.45) is 48.1. The molecule has 77 heavy (non-hydrogen) atoms. The van der Waals surface area contributed by atoms with Crippen molar-refractivity contribution >= 4 is 67.4 Å². The molecule has 6 aromatic rings. The Morgan fingerprint density at radius 3 is 2.52 bits per heavy atom. The van der Waals surface area contributed by atoms with E-state index in [-0.39, 0.29) is 42.2 Å². The van der Waals surface area contributed by atoms with Crippen LogP contribution in [0.1, 0.15) is 93.0 Å². The van der Waals surface area contributed by atoms with E-state index in [1.807, 2.05) is 0 Å². The van der Waals surface area contributed by atoms with E-state index in [2.05, 4.69) is 210 Å². The molecule has 1 saturated heterocycles. The molecular formula is C70H61N5O2. The Bertz CT molecular complexity index is 3980. The van der Waals surface area contributed by atoms with Gasteiger partial charge in [-0.25, -0.2) is 9.98 Å². The topological polar surface area (TPSA) is 67.3 Å². The third-order valence-corrected chi connectivity index (χ3v) is 18.4. The Balaban J connectivity index is 0.853.